The van der Waals surface area contributed by atoms with Gasteiger partial charge in [-0.05, 0) is 60.1 Å². The van der Waals surface area contributed by atoms with E-state index in [4.69, 9.17) is 4.74 Å². The van der Waals surface area contributed by atoms with Crippen molar-refractivity contribution in [1.29, 1.82) is 0 Å². The predicted molar refractivity (Wildman–Crippen MR) is 127 cm³/mol. The number of alkyl halides is 3. The van der Waals surface area contributed by atoms with Crippen LogP contribution in [0.3, 0.4) is 0 Å². The molecule has 0 amide bonds. The van der Waals surface area contributed by atoms with E-state index in [1.165, 1.54) is 28.3 Å². The second-order valence-electron chi connectivity index (χ2n) is 8.74. The molecule has 5 nitrogen and oxygen atoms in total. The number of benzene rings is 2. The summed E-state index contributed by atoms with van der Waals surface area (Å²) in [6.45, 7) is 1.96. The zero-order valence-electron chi connectivity index (χ0n) is 18.7. The highest BCUT2D eigenvalue weighted by Gasteiger charge is 2.30. The molecular formula is C26H21F3N2O3S. The minimum Gasteiger partial charge on any atom is -0.454 e. The van der Waals surface area contributed by atoms with Gasteiger partial charge in [0.15, 0.2) is 0 Å². The van der Waals surface area contributed by atoms with Crippen molar-refractivity contribution in [1.82, 2.24) is 9.97 Å². The number of ether oxygens (including phenoxy) is 1. The molecule has 1 atom stereocenters. The van der Waals surface area contributed by atoms with Crippen LogP contribution < -0.4 is 5.56 Å². The van der Waals surface area contributed by atoms with Crippen LogP contribution in [0.25, 0.3) is 21.3 Å². The molecule has 9 heteroatoms. The molecule has 0 unspecified atom stereocenters. The number of halogens is 3. The Morgan fingerprint density at radius 2 is 1.91 bits per heavy atom. The molecule has 0 fully saturated rings. The smallest absolute Gasteiger partial charge is 0.416 e. The number of fused-ring (bicyclic) bond motifs is 3. The van der Waals surface area contributed by atoms with Gasteiger partial charge in [-0.3, -0.25) is 4.79 Å². The number of aromatic amines is 1. The fourth-order valence-corrected chi connectivity index (χ4v) is 5.83. The molecule has 1 aliphatic rings. The Kier molecular flexibility index (Phi) is 5.96. The average Bonchev–Trinajstić information content (AvgIpc) is 3.20. The van der Waals surface area contributed by atoms with Gasteiger partial charge in [0.1, 0.15) is 17.3 Å². The lowest BCUT2D eigenvalue weighted by atomic mass is 9.89. The van der Waals surface area contributed by atoms with Gasteiger partial charge in [-0.1, -0.05) is 37.3 Å². The Morgan fingerprint density at radius 1 is 1.17 bits per heavy atom. The monoisotopic (exact) mass is 498 g/mol. The first-order chi connectivity index (χ1) is 16.7. The second kappa shape index (κ2) is 8.96. The van der Waals surface area contributed by atoms with Gasteiger partial charge in [0.05, 0.1) is 16.5 Å². The third-order valence-electron chi connectivity index (χ3n) is 6.22. The maximum absolute atomic E-state index is 12.9. The van der Waals surface area contributed by atoms with Gasteiger partial charge in [0.25, 0.3) is 5.56 Å². The molecule has 0 saturated heterocycles. The molecule has 0 bridgehead atoms. The lowest BCUT2D eigenvalue weighted by Crippen LogP contribution is -2.16. The largest absolute Gasteiger partial charge is 0.454 e. The lowest BCUT2D eigenvalue weighted by Gasteiger charge is -2.17. The summed E-state index contributed by atoms with van der Waals surface area (Å²) in [5.74, 6) is 0.150. The minimum atomic E-state index is -4.44. The number of hydrogen-bond acceptors (Lipinski definition) is 5. The summed E-state index contributed by atoms with van der Waals surface area (Å²) in [7, 11) is 0. The first-order valence-electron chi connectivity index (χ1n) is 11.2. The fraction of sp³-hybridized carbons (Fsp3) is 0.269. The molecule has 35 heavy (non-hydrogen) atoms. The van der Waals surface area contributed by atoms with Gasteiger partial charge < -0.3 is 9.72 Å². The van der Waals surface area contributed by atoms with Crippen LogP contribution in [0.15, 0.2) is 53.3 Å². The van der Waals surface area contributed by atoms with Crippen LogP contribution in [0.4, 0.5) is 13.2 Å². The fourth-order valence-electron chi connectivity index (χ4n) is 4.42. The summed E-state index contributed by atoms with van der Waals surface area (Å²) >= 11 is 1.51. The van der Waals surface area contributed by atoms with E-state index in [0.717, 1.165) is 37.0 Å². The van der Waals surface area contributed by atoms with Gasteiger partial charge in [0, 0.05) is 4.88 Å². The number of hydrogen-bond donors (Lipinski definition) is 1. The van der Waals surface area contributed by atoms with Gasteiger partial charge in [-0.2, -0.15) is 13.2 Å². The molecule has 1 aliphatic carbocycles. The van der Waals surface area contributed by atoms with Gasteiger partial charge >= 0.3 is 12.1 Å². The molecule has 2 aromatic heterocycles. The Labute approximate surface area is 202 Å². The van der Waals surface area contributed by atoms with Crippen molar-refractivity contribution in [2.45, 2.75) is 39.0 Å². The van der Waals surface area contributed by atoms with Crippen LogP contribution in [0.2, 0.25) is 0 Å². The van der Waals surface area contributed by atoms with Crippen molar-refractivity contribution in [3.8, 4) is 11.1 Å². The van der Waals surface area contributed by atoms with E-state index in [1.807, 2.05) is 0 Å². The Balaban J connectivity index is 1.37. The predicted octanol–water partition coefficient (Wildman–Crippen LogP) is 6.15. The standard InChI is InChI=1S/C26H21F3N2O3S/c1-14-6-11-19-20(12-14)35-24-22(19)23(32)30-21(31-24)13-34-25(33)18-5-3-2-4-17(18)15-7-9-16(10-8-15)26(27,28)29/h2-5,7-10,14H,6,11-13H2,1H3,(H,30,31,32)/t14-/m1/s1. The maximum atomic E-state index is 12.9. The Hall–Kier alpha value is -3.46. The molecule has 2 aromatic carbocycles. The highest BCUT2D eigenvalue weighted by molar-refractivity contribution is 7.18. The Morgan fingerprint density at radius 3 is 2.66 bits per heavy atom. The Bertz CT molecular complexity index is 1470. The average molecular weight is 499 g/mol. The molecule has 0 saturated carbocycles. The first-order valence-corrected chi connectivity index (χ1v) is 12.0. The number of thiophene rings is 1. The SMILES string of the molecule is C[C@@H]1CCc2c(sc3nc(COC(=O)c4ccccc4-c4ccc(C(F)(F)F)cc4)[nH]c(=O)c23)C1. The molecule has 1 N–H and O–H groups in total. The van der Waals surface area contributed by atoms with Gasteiger partial charge in [-0.25, -0.2) is 9.78 Å². The van der Waals surface area contributed by atoms with Crippen molar-refractivity contribution < 1.29 is 22.7 Å². The summed E-state index contributed by atoms with van der Waals surface area (Å²) in [6.07, 6.45) is -1.62. The number of aromatic nitrogens is 2. The van der Waals surface area contributed by atoms with E-state index in [-0.39, 0.29) is 23.6 Å². The quantitative estimate of drug-likeness (QED) is 0.343. The zero-order valence-corrected chi connectivity index (χ0v) is 19.6. The van der Waals surface area contributed by atoms with Crippen LogP contribution in [0.5, 0.6) is 0 Å². The highest BCUT2D eigenvalue weighted by atomic mass is 32.1. The molecule has 2 heterocycles. The van der Waals surface area contributed by atoms with Crippen LogP contribution in [-0.4, -0.2) is 15.9 Å². The molecule has 0 aliphatic heterocycles. The third kappa shape index (κ3) is 4.60. The molecular weight excluding hydrogens is 477 g/mol. The number of aryl methyl sites for hydroxylation is 1. The minimum absolute atomic E-state index is 0.205. The number of carbonyl (C=O) groups is 1. The lowest BCUT2D eigenvalue weighted by molar-refractivity contribution is -0.137. The highest BCUT2D eigenvalue weighted by Crippen LogP contribution is 2.36. The summed E-state index contributed by atoms with van der Waals surface area (Å²) in [5, 5.41) is 0.625. The van der Waals surface area contributed by atoms with E-state index < -0.39 is 17.7 Å². The van der Waals surface area contributed by atoms with E-state index in [2.05, 4.69) is 16.9 Å². The van der Waals surface area contributed by atoms with Crippen molar-refractivity contribution >= 4 is 27.5 Å². The molecule has 180 valence electrons. The maximum Gasteiger partial charge on any atom is 0.416 e. The summed E-state index contributed by atoms with van der Waals surface area (Å²) in [6, 6.07) is 11.1. The van der Waals surface area contributed by atoms with E-state index in [1.54, 1.807) is 24.3 Å². The summed E-state index contributed by atoms with van der Waals surface area (Å²) in [5.41, 5.74) is 1.18. The van der Waals surface area contributed by atoms with Crippen molar-refractivity contribution in [3.63, 3.8) is 0 Å². The number of nitrogens with one attached hydrogen (secondary N) is 1. The van der Waals surface area contributed by atoms with E-state index in [0.29, 0.717) is 27.3 Å². The summed E-state index contributed by atoms with van der Waals surface area (Å²) < 4.78 is 44.1. The normalized spacial score (nSPS) is 15.7. The second-order valence-corrected chi connectivity index (χ2v) is 9.82. The van der Waals surface area contributed by atoms with E-state index in [9.17, 15) is 22.8 Å². The molecule has 0 spiro atoms. The number of H-pyrrole nitrogens is 1. The van der Waals surface area contributed by atoms with Crippen LogP contribution in [-0.2, 0) is 30.4 Å². The third-order valence-corrected chi connectivity index (χ3v) is 7.37. The number of nitrogens with zero attached hydrogens (tertiary/aromatic N) is 1. The first kappa shape index (κ1) is 23.3. The van der Waals surface area contributed by atoms with Crippen LogP contribution in [0, 0.1) is 5.92 Å². The number of rotatable bonds is 4. The molecule has 5 rings (SSSR count). The van der Waals surface area contributed by atoms with Crippen molar-refractivity contribution in [2.24, 2.45) is 5.92 Å². The van der Waals surface area contributed by atoms with Crippen LogP contribution in [0.1, 0.15) is 45.5 Å². The molecule has 4 aromatic rings. The van der Waals surface area contributed by atoms with Crippen molar-refractivity contribution in [2.75, 3.05) is 0 Å². The summed E-state index contributed by atoms with van der Waals surface area (Å²) in [4.78, 5) is 34.7. The zero-order chi connectivity index (χ0) is 24.7. The van der Waals surface area contributed by atoms with Gasteiger partial charge in [0.2, 0.25) is 0 Å². The van der Waals surface area contributed by atoms with E-state index >= 15 is 0 Å². The van der Waals surface area contributed by atoms with Crippen LogP contribution >= 0.6 is 11.3 Å². The van der Waals surface area contributed by atoms with Gasteiger partial charge in [-0.15, -0.1) is 11.3 Å². The number of esters is 1. The topological polar surface area (TPSA) is 72.0 Å². The van der Waals surface area contributed by atoms with Crippen molar-refractivity contribution in [3.05, 3.63) is 86.3 Å². The number of carbonyl (C=O) groups excluding carboxylic acids is 1. The molecule has 0 radical (unpaired) electrons.